The van der Waals surface area contributed by atoms with E-state index >= 15 is 0 Å². The van der Waals surface area contributed by atoms with E-state index in [-0.39, 0.29) is 17.6 Å². The van der Waals surface area contributed by atoms with E-state index in [0.29, 0.717) is 32.4 Å². The number of amides is 1. The monoisotopic (exact) mass is 307 g/mol. The van der Waals surface area contributed by atoms with E-state index in [1.165, 1.54) is 12.1 Å². The summed E-state index contributed by atoms with van der Waals surface area (Å²) in [6, 6.07) is 6.41. The van der Waals surface area contributed by atoms with Gasteiger partial charge in [-0.3, -0.25) is 9.59 Å². The number of carboxylic acids is 1. The molecule has 0 aliphatic carbocycles. The molecule has 0 aromatic heterocycles. The number of carboxylic acid groups (broad SMARTS) is 1. The van der Waals surface area contributed by atoms with Crippen molar-refractivity contribution in [3.63, 3.8) is 0 Å². The number of benzene rings is 1. The summed E-state index contributed by atoms with van der Waals surface area (Å²) in [5.41, 5.74) is 0.877. The zero-order valence-electron chi connectivity index (χ0n) is 12.8. The van der Waals surface area contributed by atoms with E-state index in [4.69, 9.17) is 5.11 Å². The summed E-state index contributed by atoms with van der Waals surface area (Å²) in [5.74, 6) is -1.45. The van der Waals surface area contributed by atoms with Gasteiger partial charge in [0.05, 0.1) is 5.92 Å². The summed E-state index contributed by atoms with van der Waals surface area (Å²) in [4.78, 5) is 25.0. The summed E-state index contributed by atoms with van der Waals surface area (Å²) in [5, 5.41) is 9.07. The third-order valence-corrected chi connectivity index (χ3v) is 4.12. The zero-order chi connectivity index (χ0) is 16.1. The fourth-order valence-electron chi connectivity index (χ4n) is 2.97. The zero-order valence-corrected chi connectivity index (χ0v) is 12.8. The molecular weight excluding hydrogens is 285 g/mol. The SMILES string of the molecule is CC(CC(=O)N1CCC[C@H](C(=O)O)C1)Cc1cccc(F)c1. The van der Waals surface area contributed by atoms with Crippen LogP contribution in [0.3, 0.4) is 0 Å². The molecule has 0 saturated carbocycles. The number of likely N-dealkylation sites (tertiary alicyclic amines) is 1. The third-order valence-electron chi connectivity index (χ3n) is 4.12. The van der Waals surface area contributed by atoms with E-state index in [0.717, 1.165) is 12.0 Å². The Morgan fingerprint density at radius 2 is 2.23 bits per heavy atom. The van der Waals surface area contributed by atoms with Crippen LogP contribution in [0.4, 0.5) is 4.39 Å². The van der Waals surface area contributed by atoms with Crippen LogP contribution in [0.15, 0.2) is 24.3 Å². The topological polar surface area (TPSA) is 57.6 Å². The van der Waals surface area contributed by atoms with Crippen molar-refractivity contribution in [2.45, 2.75) is 32.6 Å². The largest absolute Gasteiger partial charge is 0.481 e. The number of nitrogens with zero attached hydrogens (tertiary/aromatic N) is 1. The number of hydrogen-bond donors (Lipinski definition) is 1. The molecule has 1 aromatic carbocycles. The second kappa shape index (κ2) is 7.38. The number of hydrogen-bond acceptors (Lipinski definition) is 2. The predicted molar refractivity (Wildman–Crippen MR) is 80.8 cm³/mol. The minimum Gasteiger partial charge on any atom is -0.481 e. The number of piperidine rings is 1. The molecule has 1 amide bonds. The second-order valence-corrected chi connectivity index (χ2v) is 6.16. The molecule has 1 aromatic rings. The number of rotatable bonds is 5. The maximum atomic E-state index is 13.2. The van der Waals surface area contributed by atoms with Crippen molar-refractivity contribution in [1.82, 2.24) is 4.90 Å². The molecule has 1 heterocycles. The summed E-state index contributed by atoms with van der Waals surface area (Å²) >= 11 is 0. The third kappa shape index (κ3) is 4.55. The van der Waals surface area contributed by atoms with Gasteiger partial charge in [-0.25, -0.2) is 4.39 Å². The minimum atomic E-state index is -0.828. The average molecular weight is 307 g/mol. The average Bonchev–Trinajstić information content (AvgIpc) is 2.47. The molecule has 1 aliphatic rings. The van der Waals surface area contributed by atoms with Crippen molar-refractivity contribution in [1.29, 1.82) is 0 Å². The Morgan fingerprint density at radius 1 is 1.45 bits per heavy atom. The van der Waals surface area contributed by atoms with Gasteiger partial charge < -0.3 is 10.0 Å². The van der Waals surface area contributed by atoms with Crippen LogP contribution in [0.1, 0.15) is 31.7 Å². The smallest absolute Gasteiger partial charge is 0.308 e. The molecule has 2 rings (SSSR count). The molecule has 5 heteroatoms. The summed E-state index contributed by atoms with van der Waals surface area (Å²) in [7, 11) is 0. The fourth-order valence-corrected chi connectivity index (χ4v) is 2.97. The Bertz CT molecular complexity index is 546. The van der Waals surface area contributed by atoms with Gasteiger partial charge in [-0.2, -0.15) is 0 Å². The highest BCUT2D eigenvalue weighted by Crippen LogP contribution is 2.20. The molecule has 0 bridgehead atoms. The van der Waals surface area contributed by atoms with E-state index in [1.807, 2.05) is 13.0 Å². The standard InChI is InChI=1S/C17H22FNO3/c1-12(8-13-4-2-6-15(18)10-13)9-16(20)19-7-3-5-14(11-19)17(21)22/h2,4,6,10,12,14H,3,5,7-9,11H2,1H3,(H,21,22)/t12?,14-/m0/s1. The molecule has 1 fully saturated rings. The molecule has 1 saturated heterocycles. The quantitative estimate of drug-likeness (QED) is 0.910. The van der Waals surface area contributed by atoms with Gasteiger partial charge in [0.1, 0.15) is 5.82 Å². The maximum absolute atomic E-state index is 13.2. The first kappa shape index (κ1) is 16.5. The summed E-state index contributed by atoms with van der Waals surface area (Å²) < 4.78 is 13.2. The van der Waals surface area contributed by atoms with Crippen LogP contribution in [0.5, 0.6) is 0 Å². The number of carbonyl (C=O) groups excluding carboxylic acids is 1. The Balaban J connectivity index is 1.86. The lowest BCUT2D eigenvalue weighted by molar-refractivity contribution is -0.145. The first-order chi connectivity index (χ1) is 10.5. The molecule has 1 aliphatic heterocycles. The van der Waals surface area contributed by atoms with E-state index in [9.17, 15) is 14.0 Å². The molecule has 4 nitrogen and oxygen atoms in total. The molecule has 1 N–H and O–H groups in total. The van der Waals surface area contributed by atoms with E-state index in [1.54, 1.807) is 11.0 Å². The van der Waals surface area contributed by atoms with Gasteiger partial charge in [0.2, 0.25) is 5.91 Å². The van der Waals surface area contributed by atoms with Crippen LogP contribution in [-0.2, 0) is 16.0 Å². The lowest BCUT2D eigenvalue weighted by atomic mass is 9.95. The van der Waals surface area contributed by atoms with Gasteiger partial charge in [-0.05, 0) is 42.9 Å². The Labute approximate surface area is 129 Å². The first-order valence-corrected chi connectivity index (χ1v) is 7.70. The van der Waals surface area contributed by atoms with Crippen LogP contribution in [-0.4, -0.2) is 35.0 Å². The summed E-state index contributed by atoms with van der Waals surface area (Å²) in [6.45, 7) is 2.90. The van der Waals surface area contributed by atoms with Crippen molar-refractivity contribution < 1.29 is 19.1 Å². The molecule has 0 radical (unpaired) electrons. The van der Waals surface area contributed by atoms with Gasteiger partial charge in [-0.15, -0.1) is 0 Å². The van der Waals surface area contributed by atoms with Crippen LogP contribution >= 0.6 is 0 Å². The molecule has 0 spiro atoms. The lowest BCUT2D eigenvalue weighted by Gasteiger charge is -2.31. The van der Waals surface area contributed by atoms with E-state index in [2.05, 4.69) is 0 Å². The molecule has 2 atom stereocenters. The molecule has 120 valence electrons. The number of aliphatic carboxylic acids is 1. The highest BCUT2D eigenvalue weighted by atomic mass is 19.1. The van der Waals surface area contributed by atoms with Crippen LogP contribution in [0.25, 0.3) is 0 Å². The Hall–Kier alpha value is -1.91. The van der Waals surface area contributed by atoms with Gasteiger partial charge in [0, 0.05) is 19.5 Å². The first-order valence-electron chi connectivity index (χ1n) is 7.70. The number of halogens is 1. The van der Waals surface area contributed by atoms with Gasteiger partial charge in [-0.1, -0.05) is 19.1 Å². The fraction of sp³-hybridized carbons (Fsp3) is 0.529. The second-order valence-electron chi connectivity index (χ2n) is 6.16. The van der Waals surface area contributed by atoms with Crippen LogP contribution in [0.2, 0.25) is 0 Å². The number of carbonyl (C=O) groups is 2. The predicted octanol–water partition coefficient (Wildman–Crippen LogP) is 2.72. The van der Waals surface area contributed by atoms with Crippen molar-refractivity contribution in [2.75, 3.05) is 13.1 Å². The molecule has 22 heavy (non-hydrogen) atoms. The van der Waals surface area contributed by atoms with Crippen LogP contribution in [0, 0.1) is 17.7 Å². The molecule has 1 unspecified atom stereocenters. The maximum Gasteiger partial charge on any atom is 0.308 e. The van der Waals surface area contributed by atoms with Gasteiger partial charge in [0.15, 0.2) is 0 Å². The van der Waals surface area contributed by atoms with Crippen molar-refractivity contribution >= 4 is 11.9 Å². The van der Waals surface area contributed by atoms with Crippen molar-refractivity contribution in [3.8, 4) is 0 Å². The normalized spacial score (nSPS) is 19.7. The van der Waals surface area contributed by atoms with Gasteiger partial charge in [0.25, 0.3) is 0 Å². The summed E-state index contributed by atoms with van der Waals surface area (Å²) in [6.07, 6.45) is 2.38. The van der Waals surface area contributed by atoms with Crippen molar-refractivity contribution in [2.24, 2.45) is 11.8 Å². The van der Waals surface area contributed by atoms with E-state index < -0.39 is 11.9 Å². The molecular formula is C17H22FNO3. The highest BCUT2D eigenvalue weighted by Gasteiger charge is 2.28. The Kier molecular flexibility index (Phi) is 5.52. The minimum absolute atomic E-state index is 0.00477. The lowest BCUT2D eigenvalue weighted by Crippen LogP contribution is -2.42. The van der Waals surface area contributed by atoms with Crippen LogP contribution < -0.4 is 0 Å². The highest BCUT2D eigenvalue weighted by molar-refractivity contribution is 5.78. The van der Waals surface area contributed by atoms with Gasteiger partial charge >= 0.3 is 5.97 Å². The Morgan fingerprint density at radius 3 is 2.91 bits per heavy atom. The van der Waals surface area contributed by atoms with Crippen molar-refractivity contribution in [3.05, 3.63) is 35.6 Å².